The number of oxazole rings is 1. The number of hydrogen-bond acceptors (Lipinski definition) is 4. The van der Waals surface area contributed by atoms with Crippen molar-refractivity contribution >= 4 is 28.8 Å². The molecule has 3 heterocycles. The minimum atomic E-state index is -0.245. The van der Waals surface area contributed by atoms with Crippen LogP contribution in [0.4, 0.5) is 5.69 Å². The Morgan fingerprint density at radius 2 is 2.04 bits per heavy atom. The maximum Gasteiger partial charge on any atom is 0.259 e. The van der Waals surface area contributed by atoms with Crippen molar-refractivity contribution < 1.29 is 9.21 Å². The Bertz CT molecular complexity index is 1050. The van der Waals surface area contributed by atoms with Crippen molar-refractivity contribution in [3.05, 3.63) is 71.7 Å². The van der Waals surface area contributed by atoms with E-state index < -0.39 is 0 Å². The molecule has 0 saturated carbocycles. The molecule has 0 aliphatic rings. The van der Waals surface area contributed by atoms with Gasteiger partial charge in [0.15, 0.2) is 12.0 Å². The first-order chi connectivity index (χ1) is 12.1. The quantitative estimate of drug-likeness (QED) is 0.561. The van der Waals surface area contributed by atoms with Crippen molar-refractivity contribution in [2.45, 2.75) is 6.92 Å². The summed E-state index contributed by atoms with van der Waals surface area (Å²) in [6, 6.07) is 10.8. The number of carbonyl (C=O) groups is 1. The summed E-state index contributed by atoms with van der Waals surface area (Å²) in [5, 5.41) is 3.38. The van der Waals surface area contributed by atoms with E-state index in [2.05, 4.69) is 15.3 Å². The lowest BCUT2D eigenvalue weighted by Gasteiger charge is -2.06. The van der Waals surface area contributed by atoms with Gasteiger partial charge >= 0.3 is 0 Å². The predicted octanol–water partition coefficient (Wildman–Crippen LogP) is 4.20. The van der Waals surface area contributed by atoms with Crippen LogP contribution in [0, 0.1) is 6.92 Å². The van der Waals surface area contributed by atoms with E-state index in [-0.39, 0.29) is 5.91 Å². The summed E-state index contributed by atoms with van der Waals surface area (Å²) in [5.41, 5.74) is 4.07. The highest BCUT2D eigenvalue weighted by Gasteiger charge is 2.15. The summed E-state index contributed by atoms with van der Waals surface area (Å²) in [7, 11) is 0. The molecule has 1 amide bonds. The van der Waals surface area contributed by atoms with E-state index in [0.717, 1.165) is 17.0 Å². The van der Waals surface area contributed by atoms with Crippen LogP contribution >= 0.6 is 11.6 Å². The van der Waals surface area contributed by atoms with Crippen molar-refractivity contribution in [1.82, 2.24) is 14.4 Å². The Balaban J connectivity index is 1.60. The largest absolute Gasteiger partial charge is 0.451 e. The van der Waals surface area contributed by atoms with Crippen LogP contribution in [0.2, 0.25) is 5.15 Å². The molecule has 7 heteroatoms. The lowest BCUT2D eigenvalue weighted by atomic mass is 10.1. The molecule has 25 heavy (non-hydrogen) atoms. The van der Waals surface area contributed by atoms with Crippen molar-refractivity contribution in [2.75, 3.05) is 5.32 Å². The summed E-state index contributed by atoms with van der Waals surface area (Å²) < 4.78 is 6.65. The molecule has 4 rings (SSSR count). The number of hydrogen-bond donors (Lipinski definition) is 1. The van der Waals surface area contributed by atoms with E-state index in [0.29, 0.717) is 22.1 Å². The van der Waals surface area contributed by atoms with Crippen LogP contribution in [0.15, 0.2) is 59.7 Å². The number of amides is 1. The monoisotopic (exact) mass is 352 g/mol. The number of nitrogens with one attached hydrogen (secondary N) is 1. The summed E-state index contributed by atoms with van der Waals surface area (Å²) in [4.78, 5) is 21.1. The first kappa shape index (κ1) is 15.4. The van der Waals surface area contributed by atoms with Crippen molar-refractivity contribution in [3.63, 3.8) is 0 Å². The Hall–Kier alpha value is -3.12. The molecule has 0 spiro atoms. The van der Waals surface area contributed by atoms with Gasteiger partial charge in [0.25, 0.3) is 5.91 Å². The van der Waals surface area contributed by atoms with Gasteiger partial charge in [0.2, 0.25) is 0 Å². The van der Waals surface area contributed by atoms with E-state index in [4.69, 9.17) is 16.0 Å². The van der Waals surface area contributed by atoms with Crippen LogP contribution in [0.5, 0.6) is 0 Å². The van der Waals surface area contributed by atoms with Gasteiger partial charge in [-0.1, -0.05) is 23.7 Å². The van der Waals surface area contributed by atoms with Gasteiger partial charge in [-0.25, -0.2) is 9.97 Å². The molecular formula is C18H13ClN4O2. The minimum Gasteiger partial charge on any atom is -0.451 e. The van der Waals surface area contributed by atoms with Crippen molar-refractivity contribution in [3.8, 4) is 11.3 Å². The number of nitrogens with zero attached hydrogens (tertiary/aromatic N) is 3. The van der Waals surface area contributed by atoms with Crippen LogP contribution in [0.3, 0.4) is 0 Å². The highest BCUT2D eigenvalue weighted by atomic mass is 35.5. The van der Waals surface area contributed by atoms with Crippen LogP contribution in [-0.4, -0.2) is 20.3 Å². The molecule has 0 aliphatic heterocycles. The average molecular weight is 353 g/mol. The first-order valence-electron chi connectivity index (χ1n) is 7.56. The molecule has 4 aromatic rings. The van der Waals surface area contributed by atoms with Crippen LogP contribution in [-0.2, 0) is 0 Å². The van der Waals surface area contributed by atoms with Gasteiger partial charge in [0.1, 0.15) is 17.1 Å². The second-order valence-corrected chi connectivity index (χ2v) is 5.94. The number of halogens is 1. The van der Waals surface area contributed by atoms with Gasteiger partial charge in [0.05, 0.1) is 5.56 Å². The number of benzene rings is 1. The molecular weight excluding hydrogens is 340 g/mol. The molecule has 0 radical (unpaired) electrons. The standard InChI is InChI=1S/C18H13ClN4O2/c1-11-8-16(19)23-7-6-14(17(23)21-11)18(24)22-13-4-2-12(3-5-13)15-9-25-10-20-15/h2-10H,1H3,(H,22,24). The Labute approximate surface area is 148 Å². The molecule has 0 saturated heterocycles. The van der Waals surface area contributed by atoms with E-state index in [1.165, 1.54) is 6.39 Å². The molecule has 124 valence electrons. The van der Waals surface area contributed by atoms with Crippen molar-refractivity contribution in [1.29, 1.82) is 0 Å². The summed E-state index contributed by atoms with van der Waals surface area (Å²) >= 11 is 6.18. The second kappa shape index (κ2) is 6.07. The summed E-state index contributed by atoms with van der Waals surface area (Å²) in [6.45, 7) is 1.84. The van der Waals surface area contributed by atoms with Gasteiger partial charge in [0, 0.05) is 23.1 Å². The van der Waals surface area contributed by atoms with Gasteiger partial charge in [-0.2, -0.15) is 0 Å². The molecule has 1 aromatic carbocycles. The summed E-state index contributed by atoms with van der Waals surface area (Å²) in [5.74, 6) is -0.245. The van der Waals surface area contributed by atoms with E-state index in [1.807, 2.05) is 31.2 Å². The van der Waals surface area contributed by atoms with Gasteiger partial charge in [-0.05, 0) is 31.2 Å². The Morgan fingerprint density at radius 1 is 1.24 bits per heavy atom. The molecule has 0 fully saturated rings. The molecule has 1 N–H and O–H groups in total. The third-order valence-electron chi connectivity index (χ3n) is 3.82. The maximum absolute atomic E-state index is 12.6. The SMILES string of the molecule is Cc1cc(Cl)n2ccc(C(=O)Nc3ccc(-c4cocn4)cc3)c2n1. The van der Waals surface area contributed by atoms with Gasteiger partial charge < -0.3 is 9.73 Å². The van der Waals surface area contributed by atoms with E-state index in [1.54, 1.807) is 29.0 Å². The normalized spacial score (nSPS) is 11.0. The molecule has 0 aliphatic carbocycles. The van der Waals surface area contributed by atoms with Crippen LogP contribution in [0.25, 0.3) is 16.9 Å². The lowest BCUT2D eigenvalue weighted by Crippen LogP contribution is -2.12. The number of anilines is 1. The molecule has 0 bridgehead atoms. The fourth-order valence-corrected chi connectivity index (χ4v) is 2.90. The number of fused-ring (bicyclic) bond motifs is 1. The van der Waals surface area contributed by atoms with Crippen molar-refractivity contribution in [2.24, 2.45) is 0 Å². The fraction of sp³-hybridized carbons (Fsp3) is 0.0556. The average Bonchev–Trinajstić information content (AvgIpc) is 3.25. The molecule has 3 aromatic heterocycles. The summed E-state index contributed by atoms with van der Waals surface area (Å²) in [6.07, 6.45) is 4.68. The first-order valence-corrected chi connectivity index (χ1v) is 7.94. The second-order valence-electron chi connectivity index (χ2n) is 5.55. The third kappa shape index (κ3) is 2.88. The molecule has 0 unspecified atom stereocenters. The maximum atomic E-state index is 12.6. The van der Waals surface area contributed by atoms with Crippen LogP contribution in [0.1, 0.15) is 16.1 Å². The zero-order valence-electron chi connectivity index (χ0n) is 13.2. The fourth-order valence-electron chi connectivity index (χ4n) is 2.61. The minimum absolute atomic E-state index is 0.245. The topological polar surface area (TPSA) is 72.4 Å². The predicted molar refractivity (Wildman–Crippen MR) is 94.8 cm³/mol. The smallest absolute Gasteiger partial charge is 0.259 e. The Morgan fingerprint density at radius 3 is 2.76 bits per heavy atom. The molecule has 6 nitrogen and oxygen atoms in total. The van der Waals surface area contributed by atoms with Gasteiger partial charge in [-0.15, -0.1) is 0 Å². The van der Waals surface area contributed by atoms with E-state index >= 15 is 0 Å². The highest BCUT2D eigenvalue weighted by Crippen LogP contribution is 2.22. The number of carbonyl (C=O) groups excluding carboxylic acids is 1. The zero-order valence-corrected chi connectivity index (χ0v) is 14.0. The molecule has 0 atom stereocenters. The van der Waals surface area contributed by atoms with Gasteiger partial charge in [-0.3, -0.25) is 9.20 Å². The highest BCUT2D eigenvalue weighted by molar-refractivity contribution is 6.30. The zero-order chi connectivity index (χ0) is 17.4. The number of aryl methyl sites for hydroxylation is 1. The number of aromatic nitrogens is 3. The lowest BCUT2D eigenvalue weighted by molar-refractivity contribution is 0.102. The Kier molecular flexibility index (Phi) is 3.74. The number of rotatable bonds is 3. The van der Waals surface area contributed by atoms with E-state index in [9.17, 15) is 4.79 Å². The van der Waals surface area contributed by atoms with Crippen LogP contribution < -0.4 is 5.32 Å². The third-order valence-corrected chi connectivity index (χ3v) is 4.11.